The van der Waals surface area contributed by atoms with E-state index in [0.29, 0.717) is 24.8 Å². The molecule has 0 radical (unpaired) electrons. The minimum absolute atomic E-state index is 0.0129. The van der Waals surface area contributed by atoms with Gasteiger partial charge in [0.25, 0.3) is 0 Å². The summed E-state index contributed by atoms with van der Waals surface area (Å²) in [5.74, 6) is 0.754. The molecule has 1 aliphatic heterocycles. The fraction of sp³-hybridized carbons (Fsp3) is 0.409. The monoisotopic (exact) mass is 460 g/mol. The van der Waals surface area contributed by atoms with Gasteiger partial charge in [0.2, 0.25) is 5.91 Å². The maximum atomic E-state index is 13.5. The molecule has 6 nitrogen and oxygen atoms in total. The van der Waals surface area contributed by atoms with E-state index >= 15 is 0 Å². The zero-order valence-electron chi connectivity index (χ0n) is 17.4. The molecule has 1 saturated heterocycles. The van der Waals surface area contributed by atoms with E-state index in [0.717, 1.165) is 35.7 Å². The van der Waals surface area contributed by atoms with Gasteiger partial charge >= 0.3 is 0 Å². The lowest BCUT2D eigenvalue weighted by Crippen LogP contribution is -2.31. The number of benzene rings is 1. The summed E-state index contributed by atoms with van der Waals surface area (Å²) in [6.07, 6.45) is 2.22. The van der Waals surface area contributed by atoms with Crippen LogP contribution in [0.15, 0.2) is 46.9 Å². The maximum absolute atomic E-state index is 13.5. The summed E-state index contributed by atoms with van der Waals surface area (Å²) >= 11 is 3.00. The predicted molar refractivity (Wildman–Crippen MR) is 121 cm³/mol. The quantitative estimate of drug-likeness (QED) is 0.441. The van der Waals surface area contributed by atoms with Gasteiger partial charge in [0, 0.05) is 19.7 Å². The molecule has 1 aromatic carbocycles. The van der Waals surface area contributed by atoms with Crippen molar-refractivity contribution in [3.8, 4) is 10.7 Å². The van der Waals surface area contributed by atoms with Gasteiger partial charge in [0.15, 0.2) is 11.0 Å². The van der Waals surface area contributed by atoms with Crippen molar-refractivity contribution >= 4 is 29.0 Å². The molecule has 0 bridgehead atoms. The predicted octanol–water partition coefficient (Wildman–Crippen LogP) is 4.47. The van der Waals surface area contributed by atoms with Crippen LogP contribution in [0, 0.1) is 5.82 Å². The van der Waals surface area contributed by atoms with Crippen LogP contribution in [0.2, 0.25) is 0 Å². The van der Waals surface area contributed by atoms with Crippen molar-refractivity contribution in [2.24, 2.45) is 0 Å². The third-order valence-corrected chi connectivity index (χ3v) is 7.01. The zero-order chi connectivity index (χ0) is 21.6. The molecule has 4 rings (SSSR count). The van der Waals surface area contributed by atoms with E-state index in [2.05, 4.69) is 14.8 Å². The van der Waals surface area contributed by atoms with Crippen LogP contribution in [0.25, 0.3) is 10.7 Å². The van der Waals surface area contributed by atoms with Crippen LogP contribution in [0.3, 0.4) is 0 Å². The Morgan fingerprint density at radius 3 is 2.97 bits per heavy atom. The van der Waals surface area contributed by atoms with E-state index in [4.69, 9.17) is 4.74 Å². The smallest absolute Gasteiger partial charge is 0.233 e. The highest BCUT2D eigenvalue weighted by Crippen LogP contribution is 2.29. The molecule has 0 aliphatic carbocycles. The Bertz CT molecular complexity index is 1000. The molecular formula is C22H25FN4O2S2. The molecule has 0 N–H and O–H groups in total. The molecule has 31 heavy (non-hydrogen) atoms. The van der Waals surface area contributed by atoms with E-state index in [1.54, 1.807) is 22.3 Å². The Morgan fingerprint density at radius 2 is 2.26 bits per heavy atom. The number of nitrogens with zero attached hydrogens (tertiary/aromatic N) is 4. The van der Waals surface area contributed by atoms with Crippen molar-refractivity contribution in [2.45, 2.75) is 44.1 Å². The molecule has 3 heterocycles. The molecule has 1 atom stereocenters. The number of thioether (sulfide) groups is 1. The summed E-state index contributed by atoms with van der Waals surface area (Å²) < 4.78 is 21.4. The molecule has 9 heteroatoms. The summed E-state index contributed by atoms with van der Waals surface area (Å²) in [6.45, 7) is 4.33. The van der Waals surface area contributed by atoms with Crippen LogP contribution in [0.5, 0.6) is 0 Å². The Hall–Kier alpha value is -2.23. The SMILES string of the molecule is CCN(Cc1cccc(F)c1)C(=O)CSc1nnc(-c2cccs2)n1C[C@@H]1CCCO1. The number of carbonyl (C=O) groups is 1. The van der Waals surface area contributed by atoms with E-state index in [9.17, 15) is 9.18 Å². The molecule has 164 valence electrons. The number of aromatic nitrogens is 3. The molecule has 1 aliphatic rings. The van der Waals surface area contributed by atoms with Crippen LogP contribution in [0.4, 0.5) is 4.39 Å². The van der Waals surface area contributed by atoms with Crippen molar-refractivity contribution in [3.63, 3.8) is 0 Å². The summed E-state index contributed by atoms with van der Waals surface area (Å²) in [5, 5.41) is 11.5. The van der Waals surface area contributed by atoms with Gasteiger partial charge in [0.05, 0.1) is 23.3 Å². The third-order valence-electron chi connectivity index (χ3n) is 5.19. The van der Waals surface area contributed by atoms with E-state index in [1.165, 1.54) is 23.9 Å². The number of amides is 1. The number of rotatable bonds is 9. The first-order chi connectivity index (χ1) is 15.1. The molecule has 1 fully saturated rings. The number of thiophene rings is 1. The lowest BCUT2D eigenvalue weighted by molar-refractivity contribution is -0.128. The van der Waals surface area contributed by atoms with Crippen molar-refractivity contribution in [2.75, 3.05) is 18.9 Å². The lowest BCUT2D eigenvalue weighted by Gasteiger charge is -2.21. The Labute approximate surface area is 189 Å². The minimum Gasteiger partial charge on any atom is -0.376 e. The minimum atomic E-state index is -0.293. The second-order valence-corrected chi connectivity index (χ2v) is 9.25. The molecule has 0 spiro atoms. The van der Waals surface area contributed by atoms with Gasteiger partial charge in [-0.2, -0.15) is 0 Å². The van der Waals surface area contributed by atoms with Gasteiger partial charge in [-0.15, -0.1) is 21.5 Å². The topological polar surface area (TPSA) is 60.2 Å². The van der Waals surface area contributed by atoms with Crippen molar-refractivity contribution in [1.29, 1.82) is 0 Å². The molecular weight excluding hydrogens is 435 g/mol. The number of ether oxygens (including phenoxy) is 1. The van der Waals surface area contributed by atoms with E-state index < -0.39 is 0 Å². The first-order valence-electron chi connectivity index (χ1n) is 10.4. The highest BCUT2D eigenvalue weighted by atomic mass is 32.2. The highest BCUT2D eigenvalue weighted by molar-refractivity contribution is 7.99. The molecule has 0 saturated carbocycles. The maximum Gasteiger partial charge on any atom is 0.233 e. The average molecular weight is 461 g/mol. The van der Waals surface area contributed by atoms with Gasteiger partial charge in [0.1, 0.15) is 5.82 Å². The third kappa shape index (κ3) is 5.53. The van der Waals surface area contributed by atoms with E-state index in [-0.39, 0.29) is 23.6 Å². The second kappa shape index (κ2) is 10.4. The Morgan fingerprint density at radius 1 is 1.35 bits per heavy atom. The fourth-order valence-corrected chi connectivity index (χ4v) is 5.16. The van der Waals surface area contributed by atoms with Gasteiger partial charge < -0.3 is 9.64 Å². The van der Waals surface area contributed by atoms with Crippen LogP contribution in [-0.4, -0.2) is 50.6 Å². The van der Waals surface area contributed by atoms with Crippen LogP contribution < -0.4 is 0 Å². The van der Waals surface area contributed by atoms with Crippen molar-refractivity contribution in [3.05, 3.63) is 53.2 Å². The Kier molecular flexibility index (Phi) is 7.37. The zero-order valence-corrected chi connectivity index (χ0v) is 19.0. The number of halogens is 1. The van der Waals surface area contributed by atoms with Gasteiger partial charge in [-0.25, -0.2) is 4.39 Å². The molecule has 0 unspecified atom stereocenters. The van der Waals surface area contributed by atoms with Crippen molar-refractivity contribution in [1.82, 2.24) is 19.7 Å². The van der Waals surface area contributed by atoms with Gasteiger partial charge in [-0.1, -0.05) is 30.0 Å². The lowest BCUT2D eigenvalue weighted by atomic mass is 10.2. The van der Waals surface area contributed by atoms with Crippen LogP contribution in [-0.2, 0) is 22.6 Å². The standard InChI is InChI=1S/C22H25FN4O2S2/c1-2-26(13-16-6-3-7-17(23)12-16)20(28)15-31-22-25-24-21(19-9-5-11-30-19)27(22)14-18-8-4-10-29-18/h3,5-7,9,11-12,18H,2,4,8,10,13-15H2,1H3/t18-/m0/s1. The molecule has 3 aromatic rings. The summed E-state index contributed by atoms with van der Waals surface area (Å²) in [6, 6.07) is 10.4. The number of carbonyl (C=O) groups excluding carboxylic acids is 1. The molecule has 1 amide bonds. The van der Waals surface area contributed by atoms with E-state index in [1.807, 2.05) is 30.5 Å². The van der Waals surface area contributed by atoms with Crippen LogP contribution >= 0.6 is 23.1 Å². The fourth-order valence-electron chi connectivity index (χ4n) is 3.59. The van der Waals surface area contributed by atoms with Gasteiger partial charge in [-0.3, -0.25) is 9.36 Å². The largest absolute Gasteiger partial charge is 0.376 e. The first kappa shape index (κ1) is 22.0. The van der Waals surface area contributed by atoms with Crippen molar-refractivity contribution < 1.29 is 13.9 Å². The summed E-state index contributed by atoms with van der Waals surface area (Å²) in [4.78, 5) is 15.6. The number of hydrogen-bond acceptors (Lipinski definition) is 6. The summed E-state index contributed by atoms with van der Waals surface area (Å²) in [7, 11) is 0. The van der Waals surface area contributed by atoms with Gasteiger partial charge in [-0.05, 0) is 48.9 Å². The van der Waals surface area contributed by atoms with Crippen LogP contribution in [0.1, 0.15) is 25.3 Å². The number of hydrogen-bond donors (Lipinski definition) is 0. The highest BCUT2D eigenvalue weighted by Gasteiger charge is 2.23. The first-order valence-corrected chi connectivity index (χ1v) is 12.2. The second-order valence-electron chi connectivity index (χ2n) is 7.36. The molecule has 2 aromatic heterocycles. The Balaban J connectivity index is 1.46. The average Bonchev–Trinajstić information content (AvgIpc) is 3.53. The summed E-state index contributed by atoms with van der Waals surface area (Å²) in [5.41, 5.74) is 0.779. The normalized spacial score (nSPS) is 16.0.